The molecule has 0 atom stereocenters. The molecule has 1 heterocycles. The molecular formula is C15H23ClN2O. The number of hydrogen-bond acceptors (Lipinski definition) is 3. The maximum atomic E-state index is 6.21. The van der Waals surface area contributed by atoms with Crippen LogP contribution in [0.2, 0.25) is 5.02 Å². The van der Waals surface area contributed by atoms with Crippen molar-refractivity contribution in [1.82, 2.24) is 5.32 Å². The molecule has 0 saturated carbocycles. The molecule has 1 aliphatic rings. The van der Waals surface area contributed by atoms with Gasteiger partial charge >= 0.3 is 0 Å². The Kier molecular flexibility index (Phi) is 5.80. The molecule has 4 heteroatoms. The third-order valence-corrected chi connectivity index (χ3v) is 3.74. The zero-order chi connectivity index (χ0) is 13.5. The van der Waals surface area contributed by atoms with Crippen LogP contribution in [0.15, 0.2) is 18.2 Å². The summed E-state index contributed by atoms with van der Waals surface area (Å²) in [4.78, 5) is 0. The van der Waals surface area contributed by atoms with Crippen molar-refractivity contribution in [2.24, 2.45) is 5.92 Å². The average Bonchev–Trinajstić information content (AvgIpc) is 2.45. The van der Waals surface area contributed by atoms with Gasteiger partial charge < -0.3 is 15.4 Å². The van der Waals surface area contributed by atoms with Crippen LogP contribution in [-0.4, -0.2) is 26.2 Å². The van der Waals surface area contributed by atoms with Crippen LogP contribution < -0.4 is 15.4 Å². The molecular weight excluding hydrogens is 260 g/mol. The summed E-state index contributed by atoms with van der Waals surface area (Å²) in [6.45, 7) is 6.09. The van der Waals surface area contributed by atoms with Crippen molar-refractivity contribution in [1.29, 1.82) is 0 Å². The van der Waals surface area contributed by atoms with Crippen LogP contribution in [0.3, 0.4) is 0 Å². The van der Waals surface area contributed by atoms with E-state index in [-0.39, 0.29) is 0 Å². The standard InChI is InChI=1S/C15H23ClN2O/c1-2-9-19-15-4-3-13(10-14(15)16)18-11-12-5-7-17-8-6-12/h3-4,10,12,17-18H,2,5-9,11H2,1H3. The first kappa shape index (κ1) is 14.5. The Labute approximate surface area is 120 Å². The normalized spacial score (nSPS) is 16.3. The van der Waals surface area contributed by atoms with E-state index in [1.54, 1.807) is 0 Å². The van der Waals surface area contributed by atoms with Gasteiger partial charge in [0.25, 0.3) is 0 Å². The molecule has 0 aliphatic carbocycles. The number of halogens is 1. The van der Waals surface area contributed by atoms with Crippen molar-refractivity contribution in [3.63, 3.8) is 0 Å². The minimum Gasteiger partial charge on any atom is -0.492 e. The lowest BCUT2D eigenvalue weighted by molar-refractivity contribution is 0.317. The highest BCUT2D eigenvalue weighted by Crippen LogP contribution is 2.28. The Bertz CT molecular complexity index is 392. The predicted octanol–water partition coefficient (Wildman–Crippen LogP) is 3.54. The van der Waals surface area contributed by atoms with E-state index in [9.17, 15) is 0 Å². The summed E-state index contributed by atoms with van der Waals surface area (Å²) in [6.07, 6.45) is 3.49. The van der Waals surface area contributed by atoms with Crippen molar-refractivity contribution in [3.8, 4) is 5.75 Å². The molecule has 0 spiro atoms. The molecule has 1 saturated heterocycles. The molecule has 0 radical (unpaired) electrons. The fraction of sp³-hybridized carbons (Fsp3) is 0.600. The van der Waals surface area contributed by atoms with Gasteiger partial charge in [-0.1, -0.05) is 18.5 Å². The Hall–Kier alpha value is -0.930. The Balaban J connectivity index is 1.84. The lowest BCUT2D eigenvalue weighted by Gasteiger charge is -2.23. The smallest absolute Gasteiger partial charge is 0.138 e. The van der Waals surface area contributed by atoms with Crippen LogP contribution in [0, 0.1) is 5.92 Å². The summed E-state index contributed by atoms with van der Waals surface area (Å²) >= 11 is 6.21. The van der Waals surface area contributed by atoms with Crippen molar-refractivity contribution in [2.75, 3.05) is 31.6 Å². The molecule has 19 heavy (non-hydrogen) atoms. The van der Waals surface area contributed by atoms with Gasteiger partial charge in [-0.3, -0.25) is 0 Å². The first-order valence-corrected chi connectivity index (χ1v) is 7.54. The number of benzene rings is 1. The van der Waals surface area contributed by atoms with Crippen LogP contribution in [0.1, 0.15) is 26.2 Å². The van der Waals surface area contributed by atoms with Crippen molar-refractivity contribution >= 4 is 17.3 Å². The maximum absolute atomic E-state index is 6.21. The number of rotatable bonds is 6. The summed E-state index contributed by atoms with van der Waals surface area (Å²) in [5.74, 6) is 1.53. The van der Waals surface area contributed by atoms with Gasteiger partial charge in [-0.15, -0.1) is 0 Å². The van der Waals surface area contributed by atoms with Crippen molar-refractivity contribution in [2.45, 2.75) is 26.2 Å². The Morgan fingerprint density at radius 1 is 1.37 bits per heavy atom. The average molecular weight is 283 g/mol. The first-order chi connectivity index (χ1) is 9.29. The largest absolute Gasteiger partial charge is 0.492 e. The van der Waals surface area contributed by atoms with Crippen molar-refractivity contribution < 1.29 is 4.74 Å². The first-order valence-electron chi connectivity index (χ1n) is 7.16. The highest BCUT2D eigenvalue weighted by atomic mass is 35.5. The predicted molar refractivity (Wildman–Crippen MR) is 81.3 cm³/mol. The molecule has 0 bridgehead atoms. The highest BCUT2D eigenvalue weighted by Gasteiger charge is 2.12. The van der Waals surface area contributed by atoms with Gasteiger partial charge in [0.2, 0.25) is 0 Å². The lowest BCUT2D eigenvalue weighted by Crippen LogP contribution is -2.31. The second-order valence-electron chi connectivity index (χ2n) is 5.07. The molecule has 0 amide bonds. The zero-order valence-electron chi connectivity index (χ0n) is 11.5. The minimum absolute atomic E-state index is 0.684. The number of piperidine rings is 1. The fourth-order valence-corrected chi connectivity index (χ4v) is 2.52. The van der Waals surface area contributed by atoms with Crippen LogP contribution in [0.5, 0.6) is 5.75 Å². The number of hydrogen-bond donors (Lipinski definition) is 2. The quantitative estimate of drug-likeness (QED) is 0.837. The zero-order valence-corrected chi connectivity index (χ0v) is 12.3. The molecule has 2 N–H and O–H groups in total. The van der Waals surface area contributed by atoms with E-state index >= 15 is 0 Å². The molecule has 2 rings (SSSR count). The highest BCUT2D eigenvalue weighted by molar-refractivity contribution is 6.32. The number of anilines is 1. The van der Waals surface area contributed by atoms with Crippen LogP contribution >= 0.6 is 11.6 Å². The Morgan fingerprint density at radius 2 is 2.16 bits per heavy atom. The molecule has 1 aromatic rings. The summed E-state index contributed by atoms with van der Waals surface area (Å²) in [7, 11) is 0. The summed E-state index contributed by atoms with van der Waals surface area (Å²) < 4.78 is 5.57. The molecule has 3 nitrogen and oxygen atoms in total. The van der Waals surface area contributed by atoms with Crippen LogP contribution in [-0.2, 0) is 0 Å². The van der Waals surface area contributed by atoms with Crippen LogP contribution in [0.4, 0.5) is 5.69 Å². The second kappa shape index (κ2) is 7.61. The molecule has 1 aromatic carbocycles. The summed E-state index contributed by atoms with van der Waals surface area (Å²) in [5.41, 5.74) is 1.08. The van der Waals surface area contributed by atoms with Gasteiger partial charge in [-0.2, -0.15) is 0 Å². The van der Waals surface area contributed by atoms with Gasteiger partial charge in [0, 0.05) is 12.2 Å². The van der Waals surface area contributed by atoms with E-state index in [0.29, 0.717) is 11.6 Å². The van der Waals surface area contributed by atoms with E-state index in [2.05, 4.69) is 17.6 Å². The molecule has 0 aromatic heterocycles. The lowest BCUT2D eigenvalue weighted by atomic mass is 9.98. The second-order valence-corrected chi connectivity index (χ2v) is 5.48. The Morgan fingerprint density at radius 3 is 2.84 bits per heavy atom. The third kappa shape index (κ3) is 4.59. The van der Waals surface area contributed by atoms with E-state index < -0.39 is 0 Å². The van der Waals surface area contributed by atoms with Gasteiger partial charge in [0.1, 0.15) is 5.75 Å². The summed E-state index contributed by atoms with van der Waals surface area (Å²) in [5, 5.41) is 7.54. The van der Waals surface area contributed by atoms with Crippen molar-refractivity contribution in [3.05, 3.63) is 23.2 Å². The van der Waals surface area contributed by atoms with Crippen LogP contribution in [0.25, 0.3) is 0 Å². The van der Waals surface area contributed by atoms with E-state index in [1.807, 2.05) is 18.2 Å². The minimum atomic E-state index is 0.684. The maximum Gasteiger partial charge on any atom is 0.138 e. The van der Waals surface area contributed by atoms with E-state index in [1.165, 1.54) is 12.8 Å². The molecule has 1 fully saturated rings. The summed E-state index contributed by atoms with van der Waals surface area (Å²) in [6, 6.07) is 5.94. The topological polar surface area (TPSA) is 33.3 Å². The van der Waals surface area contributed by atoms with E-state index in [4.69, 9.17) is 16.3 Å². The van der Waals surface area contributed by atoms with Gasteiger partial charge in [-0.25, -0.2) is 0 Å². The van der Waals surface area contributed by atoms with Gasteiger partial charge in [-0.05, 0) is 56.5 Å². The SMILES string of the molecule is CCCOc1ccc(NCC2CCNCC2)cc1Cl. The molecule has 106 valence electrons. The molecule has 0 unspecified atom stereocenters. The van der Waals surface area contributed by atoms with Gasteiger partial charge in [0.15, 0.2) is 0 Å². The van der Waals surface area contributed by atoms with E-state index in [0.717, 1.165) is 43.4 Å². The number of ether oxygens (including phenoxy) is 1. The number of nitrogens with one attached hydrogen (secondary N) is 2. The monoisotopic (exact) mass is 282 g/mol. The fourth-order valence-electron chi connectivity index (χ4n) is 2.29. The third-order valence-electron chi connectivity index (χ3n) is 3.45. The van der Waals surface area contributed by atoms with Gasteiger partial charge in [0.05, 0.1) is 11.6 Å². The molecule has 1 aliphatic heterocycles.